The van der Waals surface area contributed by atoms with Crippen LogP contribution in [-0.4, -0.2) is 223 Å². The van der Waals surface area contributed by atoms with E-state index in [1.54, 1.807) is 13.8 Å². The summed E-state index contributed by atoms with van der Waals surface area (Å²) in [4.78, 5) is 11.1. The summed E-state index contributed by atoms with van der Waals surface area (Å²) in [5, 5.41) is 119. The van der Waals surface area contributed by atoms with Crippen molar-refractivity contribution in [1.29, 1.82) is 0 Å². The van der Waals surface area contributed by atoms with E-state index in [9.17, 15) is 55.9 Å². The van der Waals surface area contributed by atoms with Gasteiger partial charge in [-0.05, 0) is 73.4 Å². The number of phenols is 10. The van der Waals surface area contributed by atoms with Gasteiger partial charge in [0.2, 0.25) is 23.0 Å². The number of phenolic OH excluding ortho intramolecular Hbond substituents is 10. The number of carbonyl (C=O) groups excluding carboxylic acids is 1. The molecule has 0 heterocycles. The summed E-state index contributed by atoms with van der Waals surface area (Å²) in [6, 6.07) is 4.39. The second-order valence-corrected chi connectivity index (χ2v) is 20.0. The number of ether oxygens (including phenoxy) is 8. The molecule has 0 unspecified atom stereocenters. The van der Waals surface area contributed by atoms with Crippen LogP contribution in [0, 0.1) is 13.8 Å². The molecule has 0 radical (unpaired) electrons. The van der Waals surface area contributed by atoms with E-state index >= 15 is 0 Å². The molecule has 0 saturated carbocycles. The molecule has 5 aromatic rings. The molecule has 0 bridgehead atoms. The van der Waals surface area contributed by atoms with Crippen molar-refractivity contribution in [1.82, 2.24) is 0 Å². The van der Waals surface area contributed by atoms with E-state index in [0.717, 1.165) is 13.0 Å². The predicted molar refractivity (Wildman–Crippen MR) is 368 cm³/mol. The van der Waals surface area contributed by atoms with Gasteiger partial charge in [-0.2, -0.15) is 0 Å². The van der Waals surface area contributed by atoms with Crippen LogP contribution in [-0.2, 0) is 57.8 Å². The topological polar surface area (TPSA) is 633 Å². The normalized spacial score (nSPS) is 9.19. The Bertz CT molecular complexity index is 3870. The molecule has 0 aromatic heterocycles. The standard InChI is InChI=1S/C13H20N2O5.C13H22N2O4.C11H17NO4.C10H15NO4.C9H13NO2.5O3S/c1-5-14-8-10(17)9(15-6-7(2)16)13(20-4)11(18)12(8)19-3;1-5-7-15-9-10(16)8(14-6-2)12(18-3)11(17)13(9)19-4;1-5-12-7-8(13)6(2)10(15-3)9(14)11(7)16-4;1-4-11-8-6(12)5-7(14-2)9(13)10(8)15-3;1-3-10-7-5-8(11)6(2)4-9(7)12;5*1-4(2)3/h14-15,17-18H,5-6H2,1-4H3;14-17H,5-7H2,1-4H3;12-14H,5H2,1-4H3;5,11-13H,4H2,1-3H3;4-5,10-12H,3H2,1-2H3;;;;;. The zero-order valence-electron chi connectivity index (χ0n) is 58.2. The molecule has 0 aliphatic heterocycles. The molecule has 0 saturated heterocycles. The third-order valence-corrected chi connectivity index (χ3v) is 11.3. The Balaban J connectivity index is -0.000000361. The van der Waals surface area contributed by atoms with Crippen LogP contribution in [0.25, 0.3) is 0 Å². The Labute approximate surface area is 594 Å². The molecule has 5 aromatic carbocycles. The highest BCUT2D eigenvalue weighted by Crippen LogP contribution is 2.56. The van der Waals surface area contributed by atoms with Gasteiger partial charge in [-0.15, -0.1) is 63.1 Å². The van der Waals surface area contributed by atoms with Gasteiger partial charge >= 0.3 is 53.0 Å². The van der Waals surface area contributed by atoms with Crippen molar-refractivity contribution in [3.8, 4) is 103 Å². The fourth-order valence-electron chi connectivity index (χ4n) is 7.54. The molecule has 0 atom stereocenters. The number of methoxy groups -OCH3 is 8. The second kappa shape index (κ2) is 54.7. The van der Waals surface area contributed by atoms with Crippen LogP contribution in [0.4, 0.5) is 39.8 Å². The quantitative estimate of drug-likeness (QED) is 0.0305. The Morgan fingerprint density at radius 1 is 0.333 bits per heavy atom. The molecule has 41 nitrogen and oxygen atoms in total. The summed E-state index contributed by atoms with van der Waals surface area (Å²) in [6.45, 7) is 19.9. The Kier molecular flexibility index (Phi) is 53.4. The fraction of sp³-hybridized carbons (Fsp3) is 0.446. The molecular weight excluding hydrogens is 1470 g/mol. The molecule has 102 heavy (non-hydrogen) atoms. The van der Waals surface area contributed by atoms with Crippen molar-refractivity contribution < 1.29 is 157 Å². The summed E-state index contributed by atoms with van der Waals surface area (Å²) in [6.07, 6.45) is 0.881. The van der Waals surface area contributed by atoms with Gasteiger partial charge in [0, 0.05) is 57.0 Å². The minimum absolute atomic E-state index is 0.00124. The van der Waals surface area contributed by atoms with Crippen LogP contribution >= 0.6 is 0 Å². The molecule has 46 heteroatoms. The molecule has 5 rings (SSSR count). The number of nitrogens with one attached hydrogen (secondary N) is 7. The monoisotopic (exact) mass is 1560 g/mol. The first-order valence-electron chi connectivity index (χ1n) is 28.4. The number of aryl methyl sites for hydroxylation is 1. The Hall–Kier alpha value is -11.1. The molecule has 0 aliphatic rings. The number of Topliss-reactive ketones (excluding diaryl/α,β-unsaturated/α-hetero) is 1. The van der Waals surface area contributed by atoms with Crippen LogP contribution < -0.4 is 75.1 Å². The second-order valence-electron chi connectivity index (χ2n) is 18.0. The highest BCUT2D eigenvalue weighted by atomic mass is 32.2. The third kappa shape index (κ3) is 36.6. The average molecular weight is 1560 g/mol. The summed E-state index contributed by atoms with van der Waals surface area (Å²) in [7, 11) is -4.32. The van der Waals surface area contributed by atoms with Crippen LogP contribution in [0.5, 0.6) is 103 Å². The maximum absolute atomic E-state index is 11.1. The summed E-state index contributed by atoms with van der Waals surface area (Å²) in [5.41, 5.74) is 3.53. The summed E-state index contributed by atoms with van der Waals surface area (Å²) < 4.78 is 167. The highest BCUT2D eigenvalue weighted by Gasteiger charge is 2.28. The largest absolute Gasteiger partial charge is 0.508 e. The molecule has 0 amide bonds. The van der Waals surface area contributed by atoms with E-state index in [0.29, 0.717) is 72.3 Å². The van der Waals surface area contributed by atoms with Crippen molar-refractivity contribution in [2.45, 2.75) is 68.7 Å². The van der Waals surface area contributed by atoms with E-state index in [1.807, 2.05) is 41.5 Å². The maximum atomic E-state index is 11.1. The van der Waals surface area contributed by atoms with Gasteiger partial charge in [-0.1, -0.05) is 6.92 Å². The number of ketones is 1. The van der Waals surface area contributed by atoms with E-state index in [2.05, 4.69) is 37.2 Å². The Morgan fingerprint density at radius 2 is 0.618 bits per heavy atom. The molecule has 580 valence electrons. The van der Waals surface area contributed by atoms with Crippen molar-refractivity contribution >= 4 is 98.6 Å². The lowest BCUT2D eigenvalue weighted by Gasteiger charge is -2.20. The summed E-state index contributed by atoms with van der Waals surface area (Å²) >= 11 is 0. The van der Waals surface area contributed by atoms with Crippen molar-refractivity contribution in [2.75, 3.05) is 140 Å². The first-order valence-corrected chi connectivity index (χ1v) is 33.4. The number of aromatic hydroxyl groups is 10. The minimum atomic E-state index is -3.11. The predicted octanol–water partition coefficient (Wildman–Crippen LogP) is 4.14. The van der Waals surface area contributed by atoms with Crippen molar-refractivity contribution in [3.63, 3.8) is 0 Å². The lowest BCUT2D eigenvalue weighted by atomic mass is 10.1. The van der Waals surface area contributed by atoms with Crippen LogP contribution in [0.3, 0.4) is 0 Å². The van der Waals surface area contributed by atoms with Crippen molar-refractivity contribution in [3.05, 3.63) is 29.3 Å². The zero-order chi connectivity index (χ0) is 80.4. The van der Waals surface area contributed by atoms with E-state index < -0.39 is 53.0 Å². The van der Waals surface area contributed by atoms with E-state index in [1.165, 1.54) is 82.0 Å². The van der Waals surface area contributed by atoms with Crippen LogP contribution in [0.2, 0.25) is 0 Å². The fourth-order valence-corrected chi connectivity index (χ4v) is 7.54. The number of hydrogen-bond acceptors (Lipinski definition) is 41. The van der Waals surface area contributed by atoms with Crippen LogP contribution in [0.15, 0.2) is 18.2 Å². The lowest BCUT2D eigenvalue weighted by molar-refractivity contribution is -0.115. The van der Waals surface area contributed by atoms with Gasteiger partial charge in [0.25, 0.3) is 0 Å². The maximum Gasteiger partial charge on any atom is 0.425 e. The third-order valence-electron chi connectivity index (χ3n) is 11.3. The molecule has 0 fully saturated rings. The number of hydrogen-bond donors (Lipinski definition) is 17. The van der Waals surface area contributed by atoms with Gasteiger partial charge in [0.1, 0.15) is 62.9 Å². The van der Waals surface area contributed by atoms with Gasteiger partial charge in [-0.25, -0.2) is 0 Å². The SMILES string of the molecule is CCCNc1c(O)c(NCC)c(OC)c(O)c1OC.CCNc1c(O)c(C)c(OC)c(O)c1OC.CCNc1c(O)c(NCC(C)=O)c(OC)c(O)c1OC.CCNc1c(O)cc(OC)c(O)c1OC.CCNc1cc(O)c(C)cc1O.O=S(=O)=O.O=S(=O)=O.O=S(=O)=O.O=S(=O)=O.O=S(=O)=O. The van der Waals surface area contributed by atoms with Gasteiger partial charge in [0.15, 0.2) is 57.5 Å². The zero-order valence-corrected chi connectivity index (χ0v) is 62.3. The first kappa shape index (κ1) is 99.5. The molecule has 0 spiro atoms. The van der Waals surface area contributed by atoms with Crippen LogP contribution in [0.1, 0.15) is 66.0 Å². The lowest BCUT2D eigenvalue weighted by Crippen LogP contribution is -2.12. The number of rotatable bonds is 24. The summed E-state index contributed by atoms with van der Waals surface area (Å²) in [5.74, 6) is 0.579. The minimum Gasteiger partial charge on any atom is -0.508 e. The number of anilines is 7. The smallest absolute Gasteiger partial charge is 0.425 e. The number of benzene rings is 5. The van der Waals surface area contributed by atoms with E-state index in [-0.39, 0.29) is 127 Å². The van der Waals surface area contributed by atoms with E-state index in [4.69, 9.17) is 101 Å². The van der Waals surface area contributed by atoms with Gasteiger partial charge < -0.3 is 126 Å². The average Bonchev–Trinajstić information content (AvgIpc) is 0.805. The molecular formula is C56H87N7O34S5. The van der Waals surface area contributed by atoms with Gasteiger partial charge in [0.05, 0.1) is 69.1 Å². The highest BCUT2D eigenvalue weighted by molar-refractivity contribution is 7.59. The first-order chi connectivity index (χ1) is 47.6. The number of carbonyl (C=O) groups is 1. The van der Waals surface area contributed by atoms with Gasteiger partial charge in [-0.3, -0.25) is 4.79 Å². The molecule has 0 aliphatic carbocycles. The van der Waals surface area contributed by atoms with Crippen molar-refractivity contribution in [2.24, 2.45) is 0 Å². The Morgan fingerprint density at radius 3 is 0.912 bits per heavy atom. The molecule has 17 N–H and O–H groups in total.